The summed E-state index contributed by atoms with van der Waals surface area (Å²) in [6.45, 7) is 5.11. The summed E-state index contributed by atoms with van der Waals surface area (Å²) >= 11 is 0. The lowest BCUT2D eigenvalue weighted by Crippen LogP contribution is -2.52. The molecule has 3 rings (SSSR count). The van der Waals surface area contributed by atoms with E-state index in [-0.39, 0.29) is 34.9 Å². The number of nitrogens with one attached hydrogen (secondary N) is 1. The van der Waals surface area contributed by atoms with Crippen molar-refractivity contribution in [3.05, 3.63) is 29.8 Å². The van der Waals surface area contributed by atoms with Crippen LogP contribution in [-0.4, -0.2) is 63.0 Å². The van der Waals surface area contributed by atoms with Gasteiger partial charge in [0.05, 0.1) is 24.7 Å². The Balaban J connectivity index is 1.69. The van der Waals surface area contributed by atoms with E-state index in [1.165, 1.54) is 24.8 Å². The second-order valence-electron chi connectivity index (χ2n) is 8.85. The van der Waals surface area contributed by atoms with E-state index < -0.39 is 9.84 Å². The van der Waals surface area contributed by atoms with Crippen LogP contribution in [0.25, 0.3) is 0 Å². The molecule has 0 spiro atoms. The quantitative estimate of drug-likeness (QED) is 0.678. The third-order valence-electron chi connectivity index (χ3n) is 6.90. The maximum absolute atomic E-state index is 13.1. The number of sulfone groups is 1. The second-order valence-corrected chi connectivity index (χ2v) is 11.1. The highest BCUT2D eigenvalue weighted by molar-refractivity contribution is 7.91. The Morgan fingerprint density at radius 2 is 1.90 bits per heavy atom. The molecule has 2 unspecified atom stereocenters. The van der Waals surface area contributed by atoms with E-state index in [1.807, 2.05) is 26.0 Å². The van der Waals surface area contributed by atoms with Gasteiger partial charge in [-0.1, -0.05) is 31.4 Å². The highest BCUT2D eigenvalue weighted by Gasteiger charge is 2.37. The van der Waals surface area contributed by atoms with Crippen LogP contribution in [0.15, 0.2) is 24.3 Å². The fraction of sp³-hybridized carbons (Fsp3) is 0.696. The normalized spacial score (nSPS) is 23.6. The molecule has 1 aromatic rings. The molecule has 2 fully saturated rings. The summed E-state index contributed by atoms with van der Waals surface area (Å²) < 4.78 is 29.0. The Labute approximate surface area is 181 Å². The molecule has 7 heteroatoms. The number of benzene rings is 1. The largest absolute Gasteiger partial charge is 0.497 e. The molecule has 30 heavy (non-hydrogen) atoms. The zero-order valence-electron chi connectivity index (χ0n) is 18.5. The number of methoxy groups -OCH3 is 1. The Kier molecular flexibility index (Phi) is 7.45. The summed E-state index contributed by atoms with van der Waals surface area (Å²) in [7, 11) is -1.34. The van der Waals surface area contributed by atoms with Gasteiger partial charge in [0.25, 0.3) is 0 Å². The number of ether oxygens (including phenoxy) is 1. The maximum atomic E-state index is 13.1. The fourth-order valence-corrected chi connectivity index (χ4v) is 6.77. The van der Waals surface area contributed by atoms with Gasteiger partial charge in [0.1, 0.15) is 5.75 Å². The lowest BCUT2D eigenvalue weighted by Gasteiger charge is -2.39. The highest BCUT2D eigenvalue weighted by Crippen LogP contribution is 2.39. The minimum atomic E-state index is -3.02. The van der Waals surface area contributed by atoms with Gasteiger partial charge in [-0.05, 0) is 50.8 Å². The van der Waals surface area contributed by atoms with Crippen LogP contribution in [-0.2, 0) is 20.0 Å². The first kappa shape index (κ1) is 23.1. The van der Waals surface area contributed by atoms with E-state index in [2.05, 4.69) is 17.4 Å². The minimum absolute atomic E-state index is 0.000269. The number of nitrogens with zero attached hydrogens (tertiary/aromatic N) is 1. The Hall–Kier alpha value is -1.60. The number of carbonyl (C=O) groups excluding carboxylic acids is 1. The zero-order chi connectivity index (χ0) is 21.8. The third kappa shape index (κ3) is 5.17. The summed E-state index contributed by atoms with van der Waals surface area (Å²) in [5, 5.41) is 3.51. The van der Waals surface area contributed by atoms with Gasteiger partial charge in [-0.25, -0.2) is 8.42 Å². The van der Waals surface area contributed by atoms with Crippen molar-refractivity contribution >= 4 is 15.7 Å². The van der Waals surface area contributed by atoms with Crippen molar-refractivity contribution in [2.24, 2.45) is 0 Å². The molecule has 1 heterocycles. The van der Waals surface area contributed by atoms with Crippen LogP contribution in [0.1, 0.15) is 57.9 Å². The molecule has 1 saturated heterocycles. The van der Waals surface area contributed by atoms with Crippen LogP contribution in [0.2, 0.25) is 0 Å². The van der Waals surface area contributed by atoms with Crippen LogP contribution in [0, 0.1) is 0 Å². The van der Waals surface area contributed by atoms with E-state index in [0.717, 1.165) is 25.1 Å². The number of rotatable bonds is 8. The lowest BCUT2D eigenvalue weighted by atomic mass is 9.69. The smallest absolute Gasteiger partial charge is 0.239 e. The molecule has 6 nitrogen and oxygen atoms in total. The van der Waals surface area contributed by atoms with Crippen LogP contribution >= 0.6 is 0 Å². The third-order valence-corrected chi connectivity index (χ3v) is 8.65. The van der Waals surface area contributed by atoms with Crippen LogP contribution in [0.3, 0.4) is 0 Å². The number of carbonyl (C=O) groups is 1. The molecule has 0 bridgehead atoms. The fourth-order valence-electron chi connectivity index (χ4n) is 5.04. The van der Waals surface area contributed by atoms with Crippen LogP contribution < -0.4 is 10.1 Å². The van der Waals surface area contributed by atoms with Crippen molar-refractivity contribution < 1.29 is 17.9 Å². The van der Waals surface area contributed by atoms with Gasteiger partial charge in [-0.15, -0.1) is 0 Å². The van der Waals surface area contributed by atoms with E-state index >= 15 is 0 Å². The van der Waals surface area contributed by atoms with Crippen molar-refractivity contribution in [1.82, 2.24) is 10.2 Å². The predicted octanol–water partition coefficient (Wildman–Crippen LogP) is 2.91. The number of amides is 1. The molecule has 168 valence electrons. The van der Waals surface area contributed by atoms with E-state index in [0.29, 0.717) is 13.0 Å². The van der Waals surface area contributed by atoms with Gasteiger partial charge in [0, 0.05) is 24.5 Å². The molecule has 0 radical (unpaired) electrons. The van der Waals surface area contributed by atoms with Gasteiger partial charge in [0.2, 0.25) is 5.91 Å². The van der Waals surface area contributed by atoms with Crippen molar-refractivity contribution in [2.75, 3.05) is 31.7 Å². The first-order chi connectivity index (χ1) is 14.3. The first-order valence-corrected chi connectivity index (χ1v) is 13.0. The molecule has 2 aliphatic rings. The summed E-state index contributed by atoms with van der Waals surface area (Å²) in [4.78, 5) is 14.9. The summed E-state index contributed by atoms with van der Waals surface area (Å²) in [5.74, 6) is 1.13. The first-order valence-electron chi connectivity index (χ1n) is 11.2. The van der Waals surface area contributed by atoms with Gasteiger partial charge < -0.3 is 15.0 Å². The predicted molar refractivity (Wildman–Crippen MR) is 120 cm³/mol. The van der Waals surface area contributed by atoms with Gasteiger partial charge in [-0.3, -0.25) is 4.79 Å². The lowest BCUT2D eigenvalue weighted by molar-refractivity contribution is -0.134. The molecule has 1 aromatic carbocycles. The molecular weight excluding hydrogens is 400 g/mol. The second kappa shape index (κ2) is 9.69. The Morgan fingerprint density at radius 3 is 2.43 bits per heavy atom. The SMILES string of the molecule is CCN(C(=O)C(C)NCC1(c2ccc(OC)cc2)CCCCC1)C1CCS(=O)(=O)C1. The minimum Gasteiger partial charge on any atom is -0.497 e. The standard InChI is InChI=1S/C23H36N2O4S/c1-4-25(20-12-15-30(27,28)16-20)22(26)18(2)24-17-23(13-6-5-7-14-23)19-8-10-21(29-3)11-9-19/h8-11,18,20,24H,4-7,12-17H2,1-3H3. The molecular formula is C23H36N2O4S. The summed E-state index contributed by atoms with van der Waals surface area (Å²) in [6, 6.07) is 7.80. The molecule has 1 amide bonds. The summed E-state index contributed by atoms with van der Waals surface area (Å²) in [6.07, 6.45) is 6.39. The van der Waals surface area contributed by atoms with Crippen molar-refractivity contribution in [1.29, 1.82) is 0 Å². The number of likely N-dealkylation sites (N-methyl/N-ethyl adjacent to an activating group) is 1. The maximum Gasteiger partial charge on any atom is 0.239 e. The molecule has 1 N–H and O–H groups in total. The topological polar surface area (TPSA) is 75.7 Å². The van der Waals surface area contributed by atoms with Crippen LogP contribution in [0.5, 0.6) is 5.75 Å². The summed E-state index contributed by atoms with van der Waals surface area (Å²) in [5.41, 5.74) is 1.32. The number of hydrogen-bond donors (Lipinski definition) is 1. The molecule has 1 aliphatic carbocycles. The monoisotopic (exact) mass is 436 g/mol. The molecule has 2 atom stereocenters. The van der Waals surface area contributed by atoms with Crippen molar-refractivity contribution in [3.8, 4) is 5.75 Å². The van der Waals surface area contributed by atoms with Crippen molar-refractivity contribution in [3.63, 3.8) is 0 Å². The molecule has 1 aliphatic heterocycles. The average molecular weight is 437 g/mol. The van der Waals surface area contributed by atoms with Crippen LogP contribution in [0.4, 0.5) is 0 Å². The number of hydrogen-bond acceptors (Lipinski definition) is 5. The Bertz CT molecular complexity index is 816. The molecule has 1 saturated carbocycles. The highest BCUT2D eigenvalue weighted by atomic mass is 32.2. The van der Waals surface area contributed by atoms with Crippen molar-refractivity contribution in [2.45, 2.75) is 69.9 Å². The van der Waals surface area contributed by atoms with Gasteiger partial charge in [0.15, 0.2) is 9.84 Å². The average Bonchev–Trinajstić information content (AvgIpc) is 3.12. The van der Waals surface area contributed by atoms with E-state index in [4.69, 9.17) is 4.74 Å². The zero-order valence-corrected chi connectivity index (χ0v) is 19.3. The molecule has 0 aromatic heterocycles. The van der Waals surface area contributed by atoms with E-state index in [9.17, 15) is 13.2 Å². The Morgan fingerprint density at radius 1 is 1.23 bits per heavy atom. The van der Waals surface area contributed by atoms with Gasteiger partial charge >= 0.3 is 0 Å². The van der Waals surface area contributed by atoms with E-state index in [1.54, 1.807) is 12.0 Å². The van der Waals surface area contributed by atoms with Gasteiger partial charge in [-0.2, -0.15) is 0 Å².